The first-order chi connectivity index (χ1) is 6.63. The average molecular weight is 191 g/mol. The van der Waals surface area contributed by atoms with Gasteiger partial charge in [-0.3, -0.25) is 4.79 Å². The van der Waals surface area contributed by atoms with Crippen molar-refractivity contribution in [3.8, 4) is 0 Å². The Morgan fingerprint density at radius 2 is 1.79 bits per heavy atom. The molecule has 4 heteroatoms. The first-order valence-electron chi connectivity index (χ1n) is 3.98. The van der Waals surface area contributed by atoms with Crippen LogP contribution in [0.3, 0.4) is 0 Å². The molecule has 0 aliphatic heterocycles. The maximum absolute atomic E-state index is 10.8. The predicted octanol–water partition coefficient (Wildman–Crippen LogP) is 1.76. The van der Waals surface area contributed by atoms with Crippen LogP contribution in [0.1, 0.15) is 17.3 Å². The second-order valence-corrected chi connectivity index (χ2v) is 2.48. The van der Waals surface area contributed by atoms with E-state index in [0.29, 0.717) is 11.3 Å². The van der Waals surface area contributed by atoms with Crippen molar-refractivity contribution >= 4 is 23.9 Å². The number of para-hydroxylation sites is 1. The van der Waals surface area contributed by atoms with Gasteiger partial charge < -0.3 is 16.6 Å². The van der Waals surface area contributed by atoms with Crippen LogP contribution in [0.15, 0.2) is 24.3 Å². The lowest BCUT2D eigenvalue weighted by atomic mass is 10.1. The van der Waals surface area contributed by atoms with E-state index < -0.39 is 0 Å². The lowest BCUT2D eigenvalue weighted by Gasteiger charge is -1.97. The summed E-state index contributed by atoms with van der Waals surface area (Å²) in [4.78, 5) is 10.8. The van der Waals surface area contributed by atoms with Gasteiger partial charge in [0.15, 0.2) is 5.78 Å². The number of nitrogens with two attached hydrogens (primary N) is 1. The molecule has 14 heavy (non-hydrogen) atoms. The van der Waals surface area contributed by atoms with Crippen LogP contribution in [0.25, 0.3) is 0 Å². The molecule has 0 aliphatic carbocycles. The summed E-state index contributed by atoms with van der Waals surface area (Å²) in [7, 11) is 0. The molecule has 0 aromatic heterocycles. The molecule has 0 saturated carbocycles. The standard InChI is InChI=1S/C8H9NO.C2H4N2/c1-6(10)7-4-2-3-5-8(7)9;3-1-2-4/h2-5H,9H2,1H3;1-4H. The number of carbonyl (C=O) groups excluding carboxylic acids is 1. The summed E-state index contributed by atoms with van der Waals surface area (Å²) < 4.78 is 0. The Morgan fingerprint density at radius 3 is 2.07 bits per heavy atom. The zero-order valence-electron chi connectivity index (χ0n) is 7.95. The van der Waals surface area contributed by atoms with Crippen LogP contribution in [-0.4, -0.2) is 18.2 Å². The zero-order valence-corrected chi connectivity index (χ0v) is 7.95. The van der Waals surface area contributed by atoms with Crippen molar-refractivity contribution in [2.24, 2.45) is 0 Å². The van der Waals surface area contributed by atoms with Gasteiger partial charge in [0, 0.05) is 23.7 Å². The number of hydrogen-bond acceptors (Lipinski definition) is 4. The van der Waals surface area contributed by atoms with Gasteiger partial charge in [0.05, 0.1) is 0 Å². The zero-order chi connectivity index (χ0) is 11.0. The molecule has 4 N–H and O–H groups in total. The maximum atomic E-state index is 10.8. The molecular formula is C10H13N3O. The smallest absolute Gasteiger partial charge is 0.161 e. The van der Waals surface area contributed by atoms with Crippen LogP contribution < -0.4 is 5.73 Å². The molecule has 0 unspecified atom stereocenters. The molecule has 0 spiro atoms. The highest BCUT2D eigenvalue weighted by atomic mass is 16.1. The lowest BCUT2D eigenvalue weighted by molar-refractivity contribution is 0.101. The van der Waals surface area contributed by atoms with Crippen molar-refractivity contribution in [3.63, 3.8) is 0 Å². The molecule has 0 saturated heterocycles. The number of anilines is 1. The van der Waals surface area contributed by atoms with Crippen molar-refractivity contribution in [3.05, 3.63) is 29.8 Å². The molecule has 0 atom stereocenters. The Bertz CT molecular complexity index is 328. The number of Topliss-reactive ketones (excluding diaryl/α,β-unsaturated/α-hetero) is 1. The van der Waals surface area contributed by atoms with Crippen molar-refractivity contribution in [2.75, 3.05) is 5.73 Å². The van der Waals surface area contributed by atoms with Gasteiger partial charge in [0.2, 0.25) is 0 Å². The highest BCUT2D eigenvalue weighted by molar-refractivity contribution is 6.12. The fourth-order valence-electron chi connectivity index (χ4n) is 0.818. The van der Waals surface area contributed by atoms with Gasteiger partial charge in [-0.05, 0) is 19.1 Å². The first kappa shape index (κ1) is 12.0. The average Bonchev–Trinajstić information content (AvgIpc) is 2.18. The molecule has 74 valence electrons. The van der Waals surface area contributed by atoms with Gasteiger partial charge in [0.25, 0.3) is 0 Å². The van der Waals surface area contributed by atoms with Crippen molar-refractivity contribution in [2.45, 2.75) is 6.92 Å². The largest absolute Gasteiger partial charge is 0.398 e. The normalized spacial score (nSPS) is 8.07. The van der Waals surface area contributed by atoms with Crippen molar-refractivity contribution in [1.82, 2.24) is 0 Å². The molecule has 0 amide bonds. The molecule has 0 radical (unpaired) electrons. The van der Waals surface area contributed by atoms with E-state index in [4.69, 9.17) is 16.6 Å². The number of benzene rings is 1. The molecule has 0 heterocycles. The SMILES string of the molecule is CC(=O)c1ccccc1N.N=CC=N. The molecular weight excluding hydrogens is 178 g/mol. The summed E-state index contributed by atoms with van der Waals surface area (Å²) in [6.07, 6.45) is 1.83. The minimum atomic E-state index is 0.0121. The number of nitrogens with one attached hydrogen (secondary N) is 2. The second-order valence-electron chi connectivity index (χ2n) is 2.48. The van der Waals surface area contributed by atoms with Crippen molar-refractivity contribution in [1.29, 1.82) is 10.8 Å². The van der Waals surface area contributed by atoms with E-state index in [1.807, 2.05) is 6.07 Å². The maximum Gasteiger partial charge on any atom is 0.161 e. The number of nitrogen functional groups attached to an aromatic ring is 1. The van der Waals surface area contributed by atoms with Gasteiger partial charge in [-0.2, -0.15) is 0 Å². The number of hydrogen-bond donors (Lipinski definition) is 3. The van der Waals surface area contributed by atoms with Crippen LogP contribution in [0.4, 0.5) is 5.69 Å². The second kappa shape index (κ2) is 6.54. The molecule has 0 bridgehead atoms. The van der Waals surface area contributed by atoms with E-state index in [2.05, 4.69) is 0 Å². The highest BCUT2D eigenvalue weighted by Crippen LogP contribution is 2.09. The van der Waals surface area contributed by atoms with Gasteiger partial charge in [-0.15, -0.1) is 0 Å². The van der Waals surface area contributed by atoms with E-state index in [0.717, 1.165) is 12.4 Å². The summed E-state index contributed by atoms with van der Waals surface area (Å²) in [5.74, 6) is 0.0121. The van der Waals surface area contributed by atoms with E-state index in [1.54, 1.807) is 18.2 Å². The third-order valence-electron chi connectivity index (χ3n) is 1.42. The van der Waals surface area contributed by atoms with E-state index in [-0.39, 0.29) is 5.78 Å². The Hall–Kier alpha value is -1.97. The Balaban J connectivity index is 0.000000364. The van der Waals surface area contributed by atoms with Gasteiger partial charge in [-0.25, -0.2) is 0 Å². The molecule has 1 rings (SSSR count). The summed E-state index contributed by atoms with van der Waals surface area (Å²) in [5.41, 5.74) is 6.65. The Morgan fingerprint density at radius 1 is 1.29 bits per heavy atom. The topological polar surface area (TPSA) is 90.8 Å². The molecule has 0 fully saturated rings. The molecule has 1 aromatic carbocycles. The van der Waals surface area contributed by atoms with E-state index >= 15 is 0 Å². The van der Waals surface area contributed by atoms with Crippen LogP contribution in [0, 0.1) is 10.8 Å². The third-order valence-corrected chi connectivity index (χ3v) is 1.42. The monoisotopic (exact) mass is 191 g/mol. The fraction of sp³-hybridized carbons (Fsp3) is 0.100. The molecule has 4 nitrogen and oxygen atoms in total. The van der Waals surface area contributed by atoms with E-state index in [9.17, 15) is 4.79 Å². The summed E-state index contributed by atoms with van der Waals surface area (Å²) in [6, 6.07) is 7.04. The Labute approximate surface area is 82.8 Å². The Kier molecular flexibility index (Phi) is 5.62. The molecule has 1 aromatic rings. The number of carbonyl (C=O) groups is 1. The minimum absolute atomic E-state index is 0.0121. The summed E-state index contributed by atoms with van der Waals surface area (Å²) >= 11 is 0. The summed E-state index contributed by atoms with van der Waals surface area (Å²) in [6.45, 7) is 1.51. The predicted molar refractivity (Wildman–Crippen MR) is 58.4 cm³/mol. The first-order valence-corrected chi connectivity index (χ1v) is 3.98. The summed E-state index contributed by atoms with van der Waals surface area (Å²) in [5, 5.41) is 12.2. The van der Waals surface area contributed by atoms with E-state index in [1.165, 1.54) is 6.92 Å². The van der Waals surface area contributed by atoms with Crippen LogP contribution in [0.5, 0.6) is 0 Å². The number of ketones is 1. The molecule has 0 aliphatic rings. The minimum Gasteiger partial charge on any atom is -0.398 e. The quantitative estimate of drug-likeness (QED) is 0.377. The van der Waals surface area contributed by atoms with Crippen LogP contribution >= 0.6 is 0 Å². The number of rotatable bonds is 2. The van der Waals surface area contributed by atoms with Crippen molar-refractivity contribution < 1.29 is 4.79 Å². The lowest BCUT2D eigenvalue weighted by Crippen LogP contribution is -1.97. The van der Waals surface area contributed by atoms with Gasteiger partial charge >= 0.3 is 0 Å². The third kappa shape index (κ3) is 4.15. The van der Waals surface area contributed by atoms with Gasteiger partial charge in [-0.1, -0.05) is 12.1 Å². The van der Waals surface area contributed by atoms with Crippen LogP contribution in [0.2, 0.25) is 0 Å². The van der Waals surface area contributed by atoms with Crippen LogP contribution in [-0.2, 0) is 0 Å². The highest BCUT2D eigenvalue weighted by Gasteiger charge is 2.00. The van der Waals surface area contributed by atoms with Gasteiger partial charge in [0.1, 0.15) is 0 Å². The fourth-order valence-corrected chi connectivity index (χ4v) is 0.818.